The van der Waals surface area contributed by atoms with Gasteiger partial charge in [0.05, 0.1) is 5.69 Å². The van der Waals surface area contributed by atoms with Crippen molar-refractivity contribution in [1.29, 1.82) is 0 Å². The molecule has 0 amide bonds. The third-order valence-electron chi connectivity index (χ3n) is 4.95. The van der Waals surface area contributed by atoms with Crippen molar-refractivity contribution >= 4 is 438 Å². The molecule has 0 radical (unpaired) electrons. The predicted octanol–water partition coefficient (Wildman–Crippen LogP) is 2.95. The van der Waals surface area contributed by atoms with Crippen LogP contribution in [0.3, 0.4) is 0 Å². The van der Waals surface area contributed by atoms with E-state index in [4.69, 9.17) is 27.4 Å². The lowest BCUT2D eigenvalue weighted by molar-refractivity contribution is 0.557. The topological polar surface area (TPSA) is 17.3 Å². The summed E-state index contributed by atoms with van der Waals surface area (Å²) in [6.07, 6.45) is 6.90. The zero-order valence-corrected chi connectivity index (χ0v) is 68.6. The molecule has 2 nitrogen and oxygen atoms in total. The van der Waals surface area contributed by atoms with Crippen LogP contribution in [0.1, 0.15) is 45.0 Å². The van der Waals surface area contributed by atoms with Crippen molar-refractivity contribution in [2.75, 3.05) is 0 Å². The lowest BCUT2D eigenvalue weighted by Gasteiger charge is -2.22. The van der Waals surface area contributed by atoms with Crippen LogP contribution in [0.2, 0.25) is 0 Å². The minimum Gasteiger partial charge on any atom is -0.299 e. The van der Waals surface area contributed by atoms with Crippen molar-refractivity contribution in [2.24, 2.45) is 0 Å². The van der Waals surface area contributed by atoms with Crippen molar-refractivity contribution in [3.63, 3.8) is 0 Å². The van der Waals surface area contributed by atoms with Crippen molar-refractivity contribution in [3.8, 4) is 0 Å². The summed E-state index contributed by atoms with van der Waals surface area (Å²) in [5.41, 5.74) is 3.69. The number of fused-ring (bicyclic) bond motifs is 3. The maximum atomic E-state index is 4.81. The molecule has 0 fully saturated rings. The average Bonchev–Trinajstić information content (AvgIpc) is 3.59. The molecule has 0 spiro atoms. The normalized spacial score (nSPS) is 9.89. The second-order valence-electron chi connectivity index (χ2n) is 9.21. The van der Waals surface area contributed by atoms with E-state index in [1.165, 1.54) is 39.6 Å². The van der Waals surface area contributed by atoms with Gasteiger partial charge >= 0.3 is 0 Å². The SMILES string of the molecule is Cc1c(Br)nc2c3c(cc(C(C)(C)C)n12)=CCCC=3.S=S=S=S=S=S=S=S=S=S=S=S=S=S=S=S=S=S=S=S=S=S=S=S=S=S=S=S=S=S=S=S=S=S=S=S=S=S=S=S=S=S=S=S=S. The zero-order chi connectivity index (χ0) is 46.2. The monoisotopic (exact) mass is 1760 g/mol. The number of hydrogen-bond acceptors (Lipinski definition) is 3. The van der Waals surface area contributed by atoms with Gasteiger partial charge in [0, 0.05) is 421 Å². The summed E-state index contributed by atoms with van der Waals surface area (Å²) in [6.45, 7) is 8.90. The summed E-state index contributed by atoms with van der Waals surface area (Å²) in [4.78, 5) is 4.73. The number of pyridine rings is 1. The van der Waals surface area contributed by atoms with Crippen molar-refractivity contribution < 1.29 is 0 Å². The molecule has 0 saturated heterocycles. The fourth-order valence-electron chi connectivity index (χ4n) is 3.23. The fourth-order valence-corrected chi connectivity index (χ4v) is 116. The van der Waals surface area contributed by atoms with Gasteiger partial charge in [-0.2, -0.15) is 0 Å². The summed E-state index contributed by atoms with van der Waals surface area (Å²) in [7, 11) is 76.6. The number of halogens is 1. The minimum atomic E-state index is 0.101. The van der Waals surface area contributed by atoms with Crippen LogP contribution >= 0.6 is 15.9 Å². The van der Waals surface area contributed by atoms with Gasteiger partial charge in [-0.15, -0.1) is 0 Å². The zero-order valence-electron chi connectivity index (χ0n) is 30.3. The van der Waals surface area contributed by atoms with E-state index < -0.39 is 0 Å². The molecule has 2 heterocycles. The highest BCUT2D eigenvalue weighted by atomic mass is 79.9. The van der Waals surface area contributed by atoms with Crippen LogP contribution in [0, 0.1) is 6.92 Å². The molecule has 0 aromatic carbocycles. The molecule has 1 aliphatic carbocycles. The lowest BCUT2D eigenvalue weighted by atomic mass is 9.90. The number of rotatable bonds is 0. The average molecular weight is 1760 g/mol. The Morgan fingerprint density at radius 3 is 0.938 bits per heavy atom. The van der Waals surface area contributed by atoms with Gasteiger partial charge in [-0.1, -0.05) is 32.9 Å². The van der Waals surface area contributed by atoms with Crippen molar-refractivity contribution in [2.45, 2.75) is 46.0 Å². The molecule has 0 unspecified atom stereocenters. The van der Waals surface area contributed by atoms with Gasteiger partial charge in [-0.05, 0) is 47.0 Å². The van der Waals surface area contributed by atoms with Gasteiger partial charge in [0.25, 0.3) is 0 Å². The van der Waals surface area contributed by atoms with Crippen molar-refractivity contribution in [1.82, 2.24) is 9.38 Å². The molecular weight excluding hydrogens is 1740 g/mol. The Kier molecular flexibility index (Phi) is 53.9. The molecular formula is C16H19BrN2S45. The first-order valence-corrected chi connectivity index (χ1v) is 73.6. The third kappa shape index (κ3) is 37.6. The number of aromatic nitrogens is 2. The van der Waals surface area contributed by atoms with E-state index in [9.17, 15) is 0 Å². The first-order valence-electron chi connectivity index (χ1n) is 14.1. The van der Waals surface area contributed by atoms with E-state index in [1.54, 1.807) is 107 Å². The fraction of sp³-hybridized carbons (Fsp3) is 0.438. The van der Waals surface area contributed by atoms with Crippen molar-refractivity contribution in [3.05, 3.63) is 32.5 Å². The molecule has 370 valence electrons. The quantitative estimate of drug-likeness (QED) is 0.405. The molecule has 0 saturated carbocycles. The van der Waals surface area contributed by atoms with Crippen LogP contribution in [0.4, 0.5) is 0 Å². The maximum absolute atomic E-state index is 4.81. The van der Waals surface area contributed by atoms with Gasteiger partial charge in [0.2, 0.25) is 0 Å². The number of aryl methyl sites for hydroxylation is 1. The molecule has 0 atom stereocenters. The molecule has 1 aliphatic rings. The van der Waals surface area contributed by atoms with Crippen LogP contribution in [0.25, 0.3) is 17.8 Å². The molecule has 2 aromatic heterocycles. The molecule has 0 aliphatic heterocycles. The second-order valence-corrected chi connectivity index (χ2v) is 86.0. The molecule has 0 bridgehead atoms. The first kappa shape index (κ1) is 68.9. The highest BCUT2D eigenvalue weighted by Gasteiger charge is 2.21. The summed E-state index contributed by atoms with van der Waals surface area (Å²) in [5.74, 6) is 0. The van der Waals surface area contributed by atoms with Gasteiger partial charge < -0.3 is 0 Å². The summed E-state index contributed by atoms with van der Waals surface area (Å²) >= 11 is 13.2. The summed E-state index contributed by atoms with van der Waals surface area (Å²) in [6, 6.07) is 2.33. The Morgan fingerprint density at radius 1 is 0.438 bits per heavy atom. The Morgan fingerprint density at radius 2 is 0.688 bits per heavy atom. The molecule has 2 aromatic rings. The smallest absolute Gasteiger partial charge is 0.146 e. The second kappa shape index (κ2) is 50.1. The molecule has 3 rings (SSSR count). The largest absolute Gasteiger partial charge is 0.299 e. The maximum Gasteiger partial charge on any atom is 0.146 e. The van der Waals surface area contributed by atoms with Crippen LogP contribution in [-0.4, -0.2) is 9.38 Å². The minimum absolute atomic E-state index is 0.101. The standard InChI is InChI=1S/C16H19BrN2.S45/c1-10-14(17)18-15-12-8-6-5-7-11(12)9-13(19(10)15)16(2,3)4;1-3-5-7-9-11-13-15-17-19-21-23-25-27-29-31-33-35-37-39-41-43-45-44-42-40-38-36-34-32-30-28-26-24-22-20-18-16-14-12-10-8-6-4-2/h7-9H,5-6H2,1-4H3;. The highest BCUT2D eigenvalue weighted by Crippen LogP contribution is 2.25. The van der Waals surface area contributed by atoms with Gasteiger partial charge in [0.1, 0.15) is 10.3 Å². The first-order chi connectivity index (χ1) is 31.3. The Balaban J connectivity index is 0.000000603. The summed E-state index contributed by atoms with van der Waals surface area (Å²) < 4.78 is 3.25. The number of nitrogens with zero attached hydrogens (tertiary/aromatic N) is 2. The van der Waals surface area contributed by atoms with Crippen LogP contribution < -0.4 is 10.4 Å². The van der Waals surface area contributed by atoms with Gasteiger partial charge in [-0.3, -0.25) is 4.40 Å². The van der Waals surface area contributed by atoms with Crippen LogP contribution in [-0.2, 0) is 410 Å². The predicted molar refractivity (Wildman–Crippen MR) is 415 cm³/mol. The molecule has 48 heteroatoms. The Hall–Kier alpha value is 8.81. The Labute approximate surface area is 512 Å². The van der Waals surface area contributed by atoms with Gasteiger partial charge in [0.15, 0.2) is 0 Å². The number of hydrogen-bond donors (Lipinski definition) is 0. The van der Waals surface area contributed by atoms with E-state index in [0.717, 1.165) is 23.1 Å². The van der Waals surface area contributed by atoms with E-state index >= 15 is 0 Å². The van der Waals surface area contributed by atoms with Crippen LogP contribution in [0.15, 0.2) is 10.7 Å². The number of imidazole rings is 1. The van der Waals surface area contributed by atoms with E-state index in [-0.39, 0.29) is 5.41 Å². The third-order valence-corrected chi connectivity index (χ3v) is 99.0. The van der Waals surface area contributed by atoms with E-state index in [0.29, 0.717) is 0 Å². The molecule has 0 N–H and O–H groups in total. The molecule has 64 heavy (non-hydrogen) atoms. The van der Waals surface area contributed by atoms with Gasteiger partial charge in [-0.25, -0.2) is 4.98 Å². The lowest BCUT2D eigenvalue weighted by Crippen LogP contribution is -2.33. The highest BCUT2D eigenvalue weighted by molar-refractivity contribution is 9.10. The van der Waals surface area contributed by atoms with Crippen LogP contribution in [0.5, 0.6) is 0 Å². The summed E-state index contributed by atoms with van der Waals surface area (Å²) in [5, 5.41) is 2.62. The van der Waals surface area contributed by atoms with E-state index in [1.807, 2.05) is 258 Å². The van der Waals surface area contributed by atoms with E-state index in [2.05, 4.69) is 66.2 Å². The Bertz CT molecular complexity index is 4080.